The lowest BCUT2D eigenvalue weighted by molar-refractivity contribution is -0.118. The van der Waals surface area contributed by atoms with Crippen LogP contribution in [0.1, 0.15) is 0 Å². The number of halogens is 1. The first kappa shape index (κ1) is 8.77. The Bertz CT molecular complexity index is 324. The molecule has 13 heavy (non-hydrogen) atoms. The van der Waals surface area contributed by atoms with Crippen LogP contribution in [0.4, 0.5) is 5.88 Å². The molecule has 0 unspecified atom stereocenters. The lowest BCUT2D eigenvalue weighted by Gasteiger charge is -2.24. The molecule has 0 atom stereocenters. The van der Waals surface area contributed by atoms with E-state index in [4.69, 9.17) is 4.42 Å². The maximum Gasteiger partial charge on any atom is 0.243 e. The lowest BCUT2D eigenvalue weighted by Crippen LogP contribution is -2.48. The SMILES string of the molecule is O=C1CNCCN1c1ccc(Br)o1. The molecule has 1 aromatic heterocycles. The number of nitrogens with one attached hydrogen (secondary N) is 1. The highest BCUT2D eigenvalue weighted by atomic mass is 79.9. The van der Waals surface area contributed by atoms with E-state index in [-0.39, 0.29) is 5.91 Å². The third kappa shape index (κ3) is 1.76. The molecule has 70 valence electrons. The van der Waals surface area contributed by atoms with Gasteiger partial charge in [-0.15, -0.1) is 0 Å². The molecule has 1 saturated heterocycles. The maximum absolute atomic E-state index is 11.4. The smallest absolute Gasteiger partial charge is 0.243 e. The zero-order chi connectivity index (χ0) is 9.26. The number of carbonyl (C=O) groups excluding carboxylic acids is 1. The molecule has 4 nitrogen and oxygen atoms in total. The average Bonchev–Trinajstić information content (AvgIpc) is 2.53. The summed E-state index contributed by atoms with van der Waals surface area (Å²) in [5, 5.41) is 3.00. The number of hydrogen-bond acceptors (Lipinski definition) is 3. The molecule has 0 saturated carbocycles. The van der Waals surface area contributed by atoms with Crippen LogP contribution < -0.4 is 10.2 Å². The third-order valence-corrected chi connectivity index (χ3v) is 2.34. The Balaban J connectivity index is 2.19. The van der Waals surface area contributed by atoms with Gasteiger partial charge >= 0.3 is 0 Å². The van der Waals surface area contributed by atoms with E-state index in [9.17, 15) is 4.79 Å². The van der Waals surface area contributed by atoms with Crippen molar-refractivity contribution in [1.82, 2.24) is 5.32 Å². The summed E-state index contributed by atoms with van der Waals surface area (Å²) in [4.78, 5) is 13.0. The fraction of sp³-hybridized carbons (Fsp3) is 0.375. The summed E-state index contributed by atoms with van der Waals surface area (Å²) in [6.07, 6.45) is 0. The highest BCUT2D eigenvalue weighted by molar-refractivity contribution is 9.10. The fourth-order valence-corrected chi connectivity index (χ4v) is 1.59. The predicted molar refractivity (Wildman–Crippen MR) is 51.6 cm³/mol. The van der Waals surface area contributed by atoms with Crippen molar-refractivity contribution in [2.24, 2.45) is 0 Å². The van der Waals surface area contributed by atoms with Crippen LogP contribution in [0.5, 0.6) is 0 Å². The third-order valence-electron chi connectivity index (χ3n) is 1.91. The minimum absolute atomic E-state index is 0.0492. The Labute approximate surface area is 84.0 Å². The normalized spacial score (nSPS) is 17.9. The van der Waals surface area contributed by atoms with Crippen molar-refractivity contribution in [2.45, 2.75) is 0 Å². The van der Waals surface area contributed by atoms with Crippen molar-refractivity contribution in [2.75, 3.05) is 24.5 Å². The molecular formula is C8H9BrN2O2. The van der Waals surface area contributed by atoms with Crippen LogP contribution in [-0.4, -0.2) is 25.5 Å². The van der Waals surface area contributed by atoms with E-state index in [0.717, 1.165) is 6.54 Å². The minimum atomic E-state index is 0.0492. The number of anilines is 1. The van der Waals surface area contributed by atoms with Gasteiger partial charge in [-0.3, -0.25) is 9.69 Å². The van der Waals surface area contributed by atoms with Crippen LogP contribution >= 0.6 is 15.9 Å². The second-order valence-electron chi connectivity index (χ2n) is 2.80. The lowest BCUT2D eigenvalue weighted by atomic mass is 10.3. The molecule has 0 bridgehead atoms. The van der Waals surface area contributed by atoms with Gasteiger partial charge in [0.15, 0.2) is 4.67 Å². The number of carbonyl (C=O) groups is 1. The Morgan fingerprint density at radius 1 is 1.54 bits per heavy atom. The van der Waals surface area contributed by atoms with Crippen LogP contribution in [0.2, 0.25) is 0 Å². The van der Waals surface area contributed by atoms with Crippen molar-refractivity contribution in [1.29, 1.82) is 0 Å². The highest BCUT2D eigenvalue weighted by Gasteiger charge is 2.21. The summed E-state index contributed by atoms with van der Waals surface area (Å²) < 4.78 is 5.93. The number of hydrogen-bond donors (Lipinski definition) is 1. The monoisotopic (exact) mass is 244 g/mol. The van der Waals surface area contributed by atoms with Crippen LogP contribution in [0, 0.1) is 0 Å². The zero-order valence-electron chi connectivity index (χ0n) is 6.92. The van der Waals surface area contributed by atoms with Gasteiger partial charge in [0.25, 0.3) is 0 Å². The van der Waals surface area contributed by atoms with Crippen molar-refractivity contribution in [3.63, 3.8) is 0 Å². The standard InChI is InChI=1S/C8H9BrN2O2/c9-6-1-2-8(13-6)11-4-3-10-5-7(11)12/h1-2,10H,3-5H2. The first-order valence-corrected chi connectivity index (χ1v) is 4.83. The van der Waals surface area contributed by atoms with Crippen LogP contribution in [0.15, 0.2) is 21.2 Å². The topological polar surface area (TPSA) is 45.5 Å². The summed E-state index contributed by atoms with van der Waals surface area (Å²) in [6, 6.07) is 3.57. The molecule has 1 aliphatic heterocycles. The van der Waals surface area contributed by atoms with E-state index in [1.165, 1.54) is 0 Å². The van der Waals surface area contributed by atoms with Gasteiger partial charge in [0.2, 0.25) is 11.8 Å². The summed E-state index contributed by atoms with van der Waals surface area (Å²) in [6.45, 7) is 1.86. The second-order valence-corrected chi connectivity index (χ2v) is 3.58. The molecule has 0 aliphatic carbocycles. The van der Waals surface area contributed by atoms with Gasteiger partial charge in [0.1, 0.15) is 0 Å². The summed E-state index contributed by atoms with van der Waals surface area (Å²) in [5.41, 5.74) is 0. The number of furan rings is 1. The van der Waals surface area contributed by atoms with E-state index < -0.39 is 0 Å². The van der Waals surface area contributed by atoms with Crippen molar-refractivity contribution >= 4 is 27.7 Å². The van der Waals surface area contributed by atoms with Gasteiger partial charge in [0, 0.05) is 19.2 Å². The molecule has 5 heteroatoms. The van der Waals surface area contributed by atoms with Crippen LogP contribution in [-0.2, 0) is 4.79 Å². The number of nitrogens with zero attached hydrogens (tertiary/aromatic N) is 1. The van der Waals surface area contributed by atoms with Gasteiger partial charge in [-0.25, -0.2) is 0 Å². The first-order valence-electron chi connectivity index (χ1n) is 4.04. The quantitative estimate of drug-likeness (QED) is 0.802. The van der Waals surface area contributed by atoms with E-state index in [0.29, 0.717) is 23.6 Å². The van der Waals surface area contributed by atoms with E-state index in [1.807, 2.05) is 0 Å². The Hall–Kier alpha value is -0.810. The highest BCUT2D eigenvalue weighted by Crippen LogP contribution is 2.22. The molecule has 1 aliphatic rings. The van der Waals surface area contributed by atoms with Crippen molar-refractivity contribution in [3.8, 4) is 0 Å². The Morgan fingerprint density at radius 2 is 2.38 bits per heavy atom. The number of piperazine rings is 1. The molecule has 1 aromatic rings. The number of amides is 1. The second kappa shape index (κ2) is 3.51. The molecule has 0 spiro atoms. The Morgan fingerprint density at radius 3 is 3.00 bits per heavy atom. The predicted octanol–water partition coefficient (Wildman–Crippen LogP) is 0.978. The van der Waals surface area contributed by atoms with E-state index >= 15 is 0 Å². The summed E-state index contributed by atoms with van der Waals surface area (Å²) in [5.74, 6) is 0.659. The van der Waals surface area contributed by atoms with Gasteiger partial charge < -0.3 is 9.73 Å². The van der Waals surface area contributed by atoms with Gasteiger partial charge in [-0.2, -0.15) is 0 Å². The average molecular weight is 245 g/mol. The van der Waals surface area contributed by atoms with Crippen LogP contribution in [0.3, 0.4) is 0 Å². The van der Waals surface area contributed by atoms with Crippen LogP contribution in [0.25, 0.3) is 0 Å². The fourth-order valence-electron chi connectivity index (χ4n) is 1.29. The maximum atomic E-state index is 11.4. The van der Waals surface area contributed by atoms with Gasteiger partial charge in [-0.1, -0.05) is 0 Å². The van der Waals surface area contributed by atoms with E-state index in [1.54, 1.807) is 17.0 Å². The van der Waals surface area contributed by atoms with Crippen molar-refractivity contribution < 1.29 is 9.21 Å². The minimum Gasteiger partial charge on any atom is -0.433 e. The zero-order valence-corrected chi connectivity index (χ0v) is 8.50. The molecule has 0 aromatic carbocycles. The summed E-state index contributed by atoms with van der Waals surface area (Å²) >= 11 is 3.20. The molecule has 1 amide bonds. The summed E-state index contributed by atoms with van der Waals surface area (Å²) in [7, 11) is 0. The van der Waals surface area contributed by atoms with Crippen molar-refractivity contribution in [3.05, 3.63) is 16.8 Å². The molecule has 1 N–H and O–H groups in total. The first-order chi connectivity index (χ1) is 6.27. The molecule has 1 fully saturated rings. The number of rotatable bonds is 1. The Kier molecular flexibility index (Phi) is 2.37. The largest absolute Gasteiger partial charge is 0.433 e. The molecule has 0 radical (unpaired) electrons. The molecule has 2 rings (SSSR count). The van der Waals surface area contributed by atoms with E-state index in [2.05, 4.69) is 21.2 Å². The molecular weight excluding hydrogens is 236 g/mol. The molecule has 2 heterocycles. The van der Waals surface area contributed by atoms with Gasteiger partial charge in [0.05, 0.1) is 6.54 Å². The van der Waals surface area contributed by atoms with Gasteiger partial charge in [-0.05, 0) is 22.0 Å².